The molecule has 0 aromatic carbocycles. The van der Waals surface area contributed by atoms with Crippen molar-refractivity contribution in [3.05, 3.63) is 23.4 Å². The number of pyridine rings is 1. The van der Waals surface area contributed by atoms with E-state index in [1.165, 1.54) is 6.07 Å². The molecule has 108 valence electrons. The number of halogens is 3. The smallest absolute Gasteiger partial charge is 0.433 e. The second-order valence-electron chi connectivity index (χ2n) is 4.27. The molecule has 0 radical (unpaired) electrons. The van der Waals surface area contributed by atoms with E-state index in [-0.39, 0.29) is 12.4 Å². The maximum absolute atomic E-state index is 12.5. The number of ether oxygens (including phenoxy) is 1. The number of rotatable bonds is 7. The van der Waals surface area contributed by atoms with Gasteiger partial charge in [0.2, 0.25) is 5.88 Å². The third kappa shape index (κ3) is 5.06. The van der Waals surface area contributed by atoms with E-state index >= 15 is 0 Å². The van der Waals surface area contributed by atoms with Gasteiger partial charge in [-0.05, 0) is 12.5 Å². The third-order valence-corrected chi connectivity index (χ3v) is 2.69. The molecule has 0 aliphatic rings. The number of hydrogen-bond donors (Lipinski definition) is 1. The molecule has 1 rings (SSSR count). The lowest BCUT2D eigenvalue weighted by Gasteiger charge is -2.12. The quantitative estimate of drug-likeness (QED) is 0.775. The van der Waals surface area contributed by atoms with E-state index in [0.717, 1.165) is 31.7 Å². The fraction of sp³-hybridized carbons (Fsp3) is 0.615. The van der Waals surface area contributed by atoms with Crippen LogP contribution in [-0.4, -0.2) is 11.6 Å². The summed E-state index contributed by atoms with van der Waals surface area (Å²) in [6.45, 7) is 2.55. The predicted octanol–water partition coefficient (Wildman–Crippen LogP) is 3.52. The van der Waals surface area contributed by atoms with Crippen LogP contribution in [0.1, 0.15) is 43.9 Å². The summed E-state index contributed by atoms with van der Waals surface area (Å²) in [6.07, 6.45) is -0.490. The van der Waals surface area contributed by atoms with Crippen LogP contribution in [0.4, 0.5) is 13.2 Å². The molecule has 0 amide bonds. The van der Waals surface area contributed by atoms with Crippen molar-refractivity contribution >= 4 is 0 Å². The molecular formula is C13H19F3N2O. The van der Waals surface area contributed by atoms with Gasteiger partial charge in [0.15, 0.2) is 0 Å². The van der Waals surface area contributed by atoms with Crippen LogP contribution in [-0.2, 0) is 12.7 Å². The van der Waals surface area contributed by atoms with E-state index < -0.39 is 11.9 Å². The van der Waals surface area contributed by atoms with Crippen LogP contribution in [0.3, 0.4) is 0 Å². The van der Waals surface area contributed by atoms with Crippen molar-refractivity contribution in [3.8, 4) is 5.88 Å². The van der Waals surface area contributed by atoms with Crippen molar-refractivity contribution in [1.29, 1.82) is 0 Å². The molecule has 0 fully saturated rings. The van der Waals surface area contributed by atoms with Crippen LogP contribution >= 0.6 is 0 Å². The minimum Gasteiger partial charge on any atom is -0.477 e. The van der Waals surface area contributed by atoms with Crippen molar-refractivity contribution in [3.63, 3.8) is 0 Å². The SMILES string of the molecule is CCCCCCOc1nc(C(F)(F)F)ccc1CN. The van der Waals surface area contributed by atoms with Gasteiger partial charge in [-0.15, -0.1) is 0 Å². The first-order valence-corrected chi connectivity index (χ1v) is 6.39. The Morgan fingerprint density at radius 3 is 2.53 bits per heavy atom. The normalized spacial score (nSPS) is 11.6. The first kappa shape index (κ1) is 15.8. The Hall–Kier alpha value is -1.30. The summed E-state index contributed by atoms with van der Waals surface area (Å²) in [5.74, 6) is -0.00572. The molecule has 1 aromatic rings. The molecule has 0 saturated carbocycles. The molecule has 0 saturated heterocycles. The number of aromatic nitrogens is 1. The van der Waals surface area contributed by atoms with Gasteiger partial charge >= 0.3 is 6.18 Å². The van der Waals surface area contributed by atoms with Gasteiger partial charge in [0.25, 0.3) is 0 Å². The van der Waals surface area contributed by atoms with E-state index in [4.69, 9.17) is 10.5 Å². The van der Waals surface area contributed by atoms with Gasteiger partial charge in [-0.3, -0.25) is 0 Å². The van der Waals surface area contributed by atoms with Gasteiger partial charge < -0.3 is 10.5 Å². The first-order chi connectivity index (χ1) is 8.99. The lowest BCUT2D eigenvalue weighted by atomic mass is 10.2. The highest BCUT2D eigenvalue weighted by Gasteiger charge is 2.33. The third-order valence-electron chi connectivity index (χ3n) is 2.69. The number of unbranched alkanes of at least 4 members (excludes halogenated alkanes) is 3. The van der Waals surface area contributed by atoms with Gasteiger partial charge in [-0.25, -0.2) is 4.98 Å². The fourth-order valence-corrected chi connectivity index (χ4v) is 1.61. The summed E-state index contributed by atoms with van der Waals surface area (Å²) >= 11 is 0. The molecule has 0 bridgehead atoms. The second-order valence-corrected chi connectivity index (χ2v) is 4.27. The van der Waals surface area contributed by atoms with Crippen LogP contribution in [0.25, 0.3) is 0 Å². The maximum atomic E-state index is 12.5. The topological polar surface area (TPSA) is 48.1 Å². The summed E-state index contributed by atoms with van der Waals surface area (Å²) in [6, 6.07) is 2.24. The molecule has 1 heterocycles. The molecule has 6 heteroatoms. The van der Waals surface area contributed by atoms with E-state index in [1.807, 2.05) is 0 Å². The highest BCUT2D eigenvalue weighted by atomic mass is 19.4. The zero-order valence-electron chi connectivity index (χ0n) is 11.0. The number of alkyl halides is 3. The Bertz CT molecular complexity index is 394. The van der Waals surface area contributed by atoms with Crippen LogP contribution in [0.15, 0.2) is 12.1 Å². The molecule has 1 aromatic heterocycles. The zero-order chi connectivity index (χ0) is 14.3. The van der Waals surface area contributed by atoms with Crippen molar-refractivity contribution in [2.45, 2.75) is 45.3 Å². The molecule has 0 unspecified atom stereocenters. The number of nitrogens with zero attached hydrogens (tertiary/aromatic N) is 1. The Kier molecular flexibility index (Phi) is 6.08. The molecule has 0 spiro atoms. The van der Waals surface area contributed by atoms with Gasteiger partial charge in [-0.2, -0.15) is 13.2 Å². The number of hydrogen-bond acceptors (Lipinski definition) is 3. The largest absolute Gasteiger partial charge is 0.477 e. The molecule has 0 aliphatic heterocycles. The van der Waals surface area contributed by atoms with Gasteiger partial charge in [0, 0.05) is 12.1 Å². The van der Waals surface area contributed by atoms with E-state index in [9.17, 15) is 13.2 Å². The van der Waals surface area contributed by atoms with Crippen molar-refractivity contribution in [1.82, 2.24) is 4.98 Å². The van der Waals surface area contributed by atoms with Crippen LogP contribution in [0.2, 0.25) is 0 Å². The highest BCUT2D eigenvalue weighted by molar-refractivity contribution is 5.29. The molecular weight excluding hydrogens is 257 g/mol. The average Bonchev–Trinajstić information content (AvgIpc) is 2.37. The Morgan fingerprint density at radius 2 is 1.95 bits per heavy atom. The molecule has 0 aliphatic carbocycles. The number of nitrogens with two attached hydrogens (primary N) is 1. The van der Waals surface area contributed by atoms with E-state index in [1.54, 1.807) is 0 Å². The second kappa shape index (κ2) is 7.33. The van der Waals surface area contributed by atoms with Gasteiger partial charge in [0.1, 0.15) is 5.69 Å². The van der Waals surface area contributed by atoms with Crippen molar-refractivity contribution < 1.29 is 17.9 Å². The molecule has 0 atom stereocenters. The lowest BCUT2D eigenvalue weighted by molar-refractivity contribution is -0.141. The highest BCUT2D eigenvalue weighted by Crippen LogP contribution is 2.30. The van der Waals surface area contributed by atoms with E-state index in [2.05, 4.69) is 11.9 Å². The fourth-order valence-electron chi connectivity index (χ4n) is 1.61. The van der Waals surface area contributed by atoms with Crippen LogP contribution < -0.4 is 10.5 Å². The Morgan fingerprint density at radius 1 is 1.21 bits per heavy atom. The summed E-state index contributed by atoms with van der Waals surface area (Å²) in [4.78, 5) is 3.51. The van der Waals surface area contributed by atoms with Crippen LogP contribution in [0.5, 0.6) is 5.88 Å². The Balaban J connectivity index is 2.68. The summed E-state index contributed by atoms with van der Waals surface area (Å²) in [5.41, 5.74) is 5.00. The summed E-state index contributed by atoms with van der Waals surface area (Å²) in [7, 11) is 0. The minimum atomic E-state index is -4.46. The summed E-state index contributed by atoms with van der Waals surface area (Å²) < 4.78 is 42.9. The van der Waals surface area contributed by atoms with Crippen LogP contribution in [0, 0.1) is 0 Å². The predicted molar refractivity (Wildman–Crippen MR) is 66.8 cm³/mol. The van der Waals surface area contributed by atoms with Crippen molar-refractivity contribution in [2.75, 3.05) is 6.61 Å². The van der Waals surface area contributed by atoms with E-state index in [0.29, 0.717) is 12.2 Å². The zero-order valence-corrected chi connectivity index (χ0v) is 11.0. The minimum absolute atomic E-state index is 0.00572. The molecule has 19 heavy (non-hydrogen) atoms. The monoisotopic (exact) mass is 276 g/mol. The summed E-state index contributed by atoms with van der Waals surface area (Å²) in [5, 5.41) is 0. The average molecular weight is 276 g/mol. The van der Waals surface area contributed by atoms with Crippen molar-refractivity contribution in [2.24, 2.45) is 5.73 Å². The molecule has 2 N–H and O–H groups in total. The van der Waals surface area contributed by atoms with Gasteiger partial charge in [0.05, 0.1) is 6.61 Å². The Labute approximate surface area is 111 Å². The maximum Gasteiger partial charge on any atom is 0.433 e. The standard InChI is InChI=1S/C13H19F3N2O/c1-2-3-4-5-8-19-12-10(9-17)6-7-11(18-12)13(14,15)16/h6-7H,2-5,8-9,17H2,1H3. The molecule has 3 nitrogen and oxygen atoms in total. The lowest BCUT2D eigenvalue weighted by Crippen LogP contribution is -2.12. The van der Waals surface area contributed by atoms with Gasteiger partial charge in [-0.1, -0.05) is 32.3 Å². The first-order valence-electron chi connectivity index (χ1n) is 6.39.